The quantitative estimate of drug-likeness (QED) is 0.925. The molecule has 1 atom stereocenters. The Balaban J connectivity index is 1.84. The van der Waals surface area contributed by atoms with Gasteiger partial charge in [0.25, 0.3) is 0 Å². The standard InChI is InChI=1S/C17H23N3/c1-18-12-16-9-2-3-11-20(16)13-15-7-4-6-14-8-5-10-19-17(14)15/h4-8,10,16,18H,2-3,9,11-13H2,1H3. The third-order valence-electron chi connectivity index (χ3n) is 4.28. The van der Waals surface area contributed by atoms with Crippen molar-refractivity contribution in [2.24, 2.45) is 0 Å². The minimum Gasteiger partial charge on any atom is -0.318 e. The third kappa shape index (κ3) is 2.84. The summed E-state index contributed by atoms with van der Waals surface area (Å²) in [5.41, 5.74) is 2.51. The van der Waals surface area contributed by atoms with Crippen molar-refractivity contribution in [1.29, 1.82) is 0 Å². The van der Waals surface area contributed by atoms with Crippen LogP contribution in [0.15, 0.2) is 36.5 Å². The van der Waals surface area contributed by atoms with Gasteiger partial charge in [-0.1, -0.05) is 30.7 Å². The van der Waals surface area contributed by atoms with E-state index < -0.39 is 0 Å². The van der Waals surface area contributed by atoms with E-state index in [1.165, 1.54) is 36.8 Å². The predicted octanol–water partition coefficient (Wildman–Crippen LogP) is 2.81. The molecular weight excluding hydrogens is 246 g/mol. The van der Waals surface area contributed by atoms with E-state index in [-0.39, 0.29) is 0 Å². The highest BCUT2D eigenvalue weighted by Crippen LogP contribution is 2.22. The summed E-state index contributed by atoms with van der Waals surface area (Å²) in [6, 6.07) is 11.3. The molecule has 1 aliphatic heterocycles. The molecule has 0 amide bonds. The zero-order valence-corrected chi connectivity index (χ0v) is 12.2. The van der Waals surface area contributed by atoms with E-state index >= 15 is 0 Å². The summed E-state index contributed by atoms with van der Waals surface area (Å²) in [5.74, 6) is 0. The Morgan fingerprint density at radius 3 is 3.05 bits per heavy atom. The van der Waals surface area contributed by atoms with E-state index in [4.69, 9.17) is 0 Å². The molecule has 0 radical (unpaired) electrons. The lowest BCUT2D eigenvalue weighted by Gasteiger charge is -2.35. The molecule has 3 heteroatoms. The first kappa shape index (κ1) is 13.5. The molecule has 1 fully saturated rings. The molecule has 2 aromatic rings. The molecule has 1 aliphatic rings. The number of hydrogen-bond acceptors (Lipinski definition) is 3. The molecule has 1 N–H and O–H groups in total. The van der Waals surface area contributed by atoms with Crippen molar-refractivity contribution in [3.8, 4) is 0 Å². The van der Waals surface area contributed by atoms with Crippen LogP contribution in [0.1, 0.15) is 24.8 Å². The summed E-state index contributed by atoms with van der Waals surface area (Å²) >= 11 is 0. The second-order valence-electron chi connectivity index (χ2n) is 5.67. The lowest BCUT2D eigenvalue weighted by atomic mass is 10.0. The normalized spacial score (nSPS) is 20.4. The van der Waals surface area contributed by atoms with Crippen LogP contribution in [0.4, 0.5) is 0 Å². The third-order valence-corrected chi connectivity index (χ3v) is 4.28. The van der Waals surface area contributed by atoms with Gasteiger partial charge in [-0.05, 0) is 38.1 Å². The van der Waals surface area contributed by atoms with Gasteiger partial charge in [0.15, 0.2) is 0 Å². The molecule has 2 heterocycles. The molecule has 20 heavy (non-hydrogen) atoms. The summed E-state index contributed by atoms with van der Waals surface area (Å²) < 4.78 is 0. The number of likely N-dealkylation sites (tertiary alicyclic amines) is 1. The summed E-state index contributed by atoms with van der Waals surface area (Å²) in [7, 11) is 2.05. The van der Waals surface area contributed by atoms with Crippen molar-refractivity contribution in [3.05, 3.63) is 42.1 Å². The van der Waals surface area contributed by atoms with Gasteiger partial charge in [0.1, 0.15) is 0 Å². The number of benzene rings is 1. The molecule has 0 spiro atoms. The molecule has 3 rings (SSSR count). The highest BCUT2D eigenvalue weighted by Gasteiger charge is 2.22. The van der Waals surface area contributed by atoms with Crippen molar-refractivity contribution >= 4 is 10.9 Å². The largest absolute Gasteiger partial charge is 0.318 e. The zero-order chi connectivity index (χ0) is 13.8. The fraction of sp³-hybridized carbons (Fsp3) is 0.471. The summed E-state index contributed by atoms with van der Waals surface area (Å²) in [5, 5.41) is 4.58. The fourth-order valence-corrected chi connectivity index (χ4v) is 3.25. The molecular formula is C17H23N3. The Bertz CT molecular complexity index is 560. The number of aromatic nitrogens is 1. The van der Waals surface area contributed by atoms with E-state index in [2.05, 4.69) is 39.5 Å². The van der Waals surface area contributed by atoms with E-state index in [0.717, 1.165) is 18.6 Å². The van der Waals surface area contributed by atoms with Crippen molar-refractivity contribution in [2.45, 2.75) is 31.8 Å². The van der Waals surface area contributed by atoms with Crippen LogP contribution in [-0.4, -0.2) is 36.1 Å². The minimum absolute atomic E-state index is 0.660. The first-order valence-electron chi connectivity index (χ1n) is 7.60. The highest BCUT2D eigenvalue weighted by molar-refractivity contribution is 5.81. The molecule has 0 aliphatic carbocycles. The number of para-hydroxylation sites is 1. The van der Waals surface area contributed by atoms with E-state index in [0.29, 0.717) is 6.04 Å². The van der Waals surface area contributed by atoms with Crippen LogP contribution in [0.3, 0.4) is 0 Å². The Labute approximate surface area is 121 Å². The molecule has 1 aromatic carbocycles. The van der Waals surface area contributed by atoms with Crippen LogP contribution < -0.4 is 5.32 Å². The van der Waals surface area contributed by atoms with Crippen molar-refractivity contribution in [2.75, 3.05) is 20.1 Å². The van der Waals surface area contributed by atoms with Gasteiger partial charge in [-0.3, -0.25) is 9.88 Å². The zero-order valence-electron chi connectivity index (χ0n) is 12.2. The molecule has 3 nitrogen and oxygen atoms in total. The van der Waals surface area contributed by atoms with E-state index in [1.54, 1.807) is 0 Å². The number of pyridine rings is 1. The van der Waals surface area contributed by atoms with Crippen LogP contribution in [0.25, 0.3) is 10.9 Å². The molecule has 106 valence electrons. The van der Waals surface area contributed by atoms with Crippen molar-refractivity contribution in [3.63, 3.8) is 0 Å². The predicted molar refractivity (Wildman–Crippen MR) is 83.7 cm³/mol. The number of fused-ring (bicyclic) bond motifs is 1. The summed E-state index contributed by atoms with van der Waals surface area (Å²) in [6.45, 7) is 3.30. The van der Waals surface area contributed by atoms with Gasteiger partial charge in [-0.25, -0.2) is 0 Å². The Morgan fingerprint density at radius 1 is 1.25 bits per heavy atom. The highest BCUT2D eigenvalue weighted by atomic mass is 15.2. The number of likely N-dealkylation sites (N-methyl/N-ethyl adjacent to an activating group) is 1. The number of hydrogen-bond donors (Lipinski definition) is 1. The van der Waals surface area contributed by atoms with Gasteiger partial charge >= 0.3 is 0 Å². The topological polar surface area (TPSA) is 28.2 Å². The first-order chi connectivity index (χ1) is 9.88. The van der Waals surface area contributed by atoms with Gasteiger partial charge in [0.05, 0.1) is 5.52 Å². The van der Waals surface area contributed by atoms with Crippen LogP contribution in [-0.2, 0) is 6.54 Å². The Morgan fingerprint density at radius 2 is 2.15 bits per heavy atom. The van der Waals surface area contributed by atoms with Gasteiger partial charge in [-0.2, -0.15) is 0 Å². The monoisotopic (exact) mass is 269 g/mol. The number of nitrogens with one attached hydrogen (secondary N) is 1. The fourth-order valence-electron chi connectivity index (χ4n) is 3.25. The molecule has 1 unspecified atom stereocenters. The van der Waals surface area contributed by atoms with Crippen molar-refractivity contribution < 1.29 is 0 Å². The summed E-state index contributed by atoms with van der Waals surface area (Å²) in [4.78, 5) is 7.19. The minimum atomic E-state index is 0.660. The molecule has 0 saturated carbocycles. The van der Waals surface area contributed by atoms with Crippen LogP contribution >= 0.6 is 0 Å². The molecule has 1 saturated heterocycles. The maximum Gasteiger partial charge on any atom is 0.0746 e. The number of rotatable bonds is 4. The summed E-state index contributed by atoms with van der Waals surface area (Å²) in [6.07, 6.45) is 5.88. The van der Waals surface area contributed by atoms with Crippen LogP contribution in [0, 0.1) is 0 Å². The maximum absolute atomic E-state index is 4.58. The van der Waals surface area contributed by atoms with Gasteiger partial charge in [0.2, 0.25) is 0 Å². The SMILES string of the molecule is CNCC1CCCCN1Cc1cccc2cccnc12. The van der Waals surface area contributed by atoms with Crippen molar-refractivity contribution in [1.82, 2.24) is 15.2 Å². The van der Waals surface area contributed by atoms with Gasteiger partial charge in [-0.15, -0.1) is 0 Å². The van der Waals surface area contributed by atoms with Gasteiger partial charge in [0, 0.05) is 30.7 Å². The smallest absolute Gasteiger partial charge is 0.0746 e. The number of piperidine rings is 1. The molecule has 1 aromatic heterocycles. The first-order valence-corrected chi connectivity index (χ1v) is 7.60. The number of nitrogens with zero attached hydrogens (tertiary/aromatic N) is 2. The average molecular weight is 269 g/mol. The molecule has 0 bridgehead atoms. The van der Waals surface area contributed by atoms with Crippen LogP contribution in [0.2, 0.25) is 0 Å². The van der Waals surface area contributed by atoms with E-state index in [9.17, 15) is 0 Å². The lowest BCUT2D eigenvalue weighted by Crippen LogP contribution is -2.44. The lowest BCUT2D eigenvalue weighted by molar-refractivity contribution is 0.140. The second-order valence-corrected chi connectivity index (χ2v) is 5.67. The second kappa shape index (κ2) is 6.33. The average Bonchev–Trinajstić information content (AvgIpc) is 2.50. The van der Waals surface area contributed by atoms with Gasteiger partial charge < -0.3 is 5.32 Å². The van der Waals surface area contributed by atoms with Crippen LogP contribution in [0.5, 0.6) is 0 Å². The Kier molecular flexibility index (Phi) is 4.28. The van der Waals surface area contributed by atoms with E-state index in [1.807, 2.05) is 19.3 Å². The maximum atomic E-state index is 4.58. The Hall–Kier alpha value is -1.45.